The SMILES string of the molecule is Cc1cc(C(F)(F)F)nc(N(C(N)=O)c2ccccc2OC(F)F)n1. The Kier molecular flexibility index (Phi) is 5.04. The van der Waals surface area contributed by atoms with E-state index in [0.29, 0.717) is 11.0 Å². The maximum absolute atomic E-state index is 12.9. The fourth-order valence-electron chi connectivity index (χ4n) is 1.96. The third-order valence-corrected chi connectivity index (χ3v) is 2.88. The lowest BCUT2D eigenvalue weighted by Gasteiger charge is -2.22. The number of benzene rings is 1. The predicted molar refractivity (Wildman–Crippen MR) is 76.6 cm³/mol. The van der Waals surface area contributed by atoms with Gasteiger partial charge in [0.05, 0.1) is 5.69 Å². The summed E-state index contributed by atoms with van der Waals surface area (Å²) in [5, 5.41) is 0. The number of aryl methyl sites for hydroxylation is 1. The van der Waals surface area contributed by atoms with Gasteiger partial charge in [0.2, 0.25) is 5.95 Å². The molecule has 2 aromatic rings. The number of carbonyl (C=O) groups excluding carboxylic acids is 1. The Bertz CT molecular complexity index is 782. The van der Waals surface area contributed by atoms with Gasteiger partial charge in [-0.05, 0) is 25.1 Å². The van der Waals surface area contributed by atoms with Crippen molar-refractivity contribution < 1.29 is 31.5 Å². The minimum absolute atomic E-state index is 0.101. The van der Waals surface area contributed by atoms with Gasteiger partial charge >= 0.3 is 18.8 Å². The molecule has 0 spiro atoms. The number of anilines is 2. The Hall–Kier alpha value is -2.98. The van der Waals surface area contributed by atoms with Gasteiger partial charge in [0.25, 0.3) is 0 Å². The van der Waals surface area contributed by atoms with Crippen LogP contribution in [0.3, 0.4) is 0 Å². The van der Waals surface area contributed by atoms with Crippen LogP contribution in [0.4, 0.5) is 38.4 Å². The largest absolute Gasteiger partial charge is 0.433 e. The number of rotatable bonds is 4. The molecule has 0 bridgehead atoms. The van der Waals surface area contributed by atoms with Crippen molar-refractivity contribution in [2.45, 2.75) is 19.7 Å². The maximum Gasteiger partial charge on any atom is 0.433 e. The van der Waals surface area contributed by atoms with E-state index >= 15 is 0 Å². The summed E-state index contributed by atoms with van der Waals surface area (Å²) in [5.74, 6) is -1.19. The molecule has 2 rings (SSSR count). The Labute approximate surface area is 138 Å². The molecule has 0 radical (unpaired) electrons. The maximum atomic E-state index is 12.9. The first kappa shape index (κ1) is 18.4. The number of para-hydroxylation sites is 2. The highest BCUT2D eigenvalue weighted by atomic mass is 19.4. The van der Waals surface area contributed by atoms with Gasteiger partial charge in [-0.1, -0.05) is 12.1 Å². The first-order valence-corrected chi connectivity index (χ1v) is 6.66. The highest BCUT2D eigenvalue weighted by Crippen LogP contribution is 2.35. The number of ether oxygens (including phenoxy) is 1. The first-order chi connectivity index (χ1) is 11.6. The zero-order chi connectivity index (χ0) is 18.8. The van der Waals surface area contributed by atoms with Crippen molar-refractivity contribution in [1.29, 1.82) is 0 Å². The molecule has 1 aromatic heterocycles. The lowest BCUT2D eigenvalue weighted by Crippen LogP contribution is -2.34. The molecule has 2 N–H and O–H groups in total. The Balaban J connectivity index is 2.61. The third kappa shape index (κ3) is 4.31. The summed E-state index contributed by atoms with van der Waals surface area (Å²) in [7, 11) is 0. The topological polar surface area (TPSA) is 81.3 Å². The van der Waals surface area contributed by atoms with E-state index in [0.717, 1.165) is 12.1 Å². The fourth-order valence-corrected chi connectivity index (χ4v) is 1.96. The number of hydrogen-bond acceptors (Lipinski definition) is 4. The number of nitrogens with two attached hydrogens (primary N) is 1. The molecule has 0 saturated carbocycles. The van der Waals surface area contributed by atoms with E-state index in [2.05, 4.69) is 14.7 Å². The molecule has 0 aliphatic carbocycles. The minimum Gasteiger partial charge on any atom is -0.433 e. The van der Waals surface area contributed by atoms with Gasteiger partial charge in [-0.15, -0.1) is 0 Å². The van der Waals surface area contributed by atoms with Crippen molar-refractivity contribution in [2.75, 3.05) is 4.90 Å². The van der Waals surface area contributed by atoms with Gasteiger partial charge in [0.1, 0.15) is 11.4 Å². The fraction of sp³-hybridized carbons (Fsp3) is 0.214. The summed E-state index contributed by atoms with van der Waals surface area (Å²) in [6, 6.07) is 4.33. The van der Waals surface area contributed by atoms with E-state index in [4.69, 9.17) is 5.73 Å². The normalized spacial score (nSPS) is 11.5. The number of aromatic nitrogens is 2. The van der Waals surface area contributed by atoms with Crippen molar-refractivity contribution in [1.82, 2.24) is 9.97 Å². The van der Waals surface area contributed by atoms with Crippen LogP contribution in [0, 0.1) is 6.92 Å². The molecule has 134 valence electrons. The average molecular weight is 362 g/mol. The van der Waals surface area contributed by atoms with Crippen molar-refractivity contribution in [3.63, 3.8) is 0 Å². The van der Waals surface area contributed by atoms with E-state index in [9.17, 15) is 26.7 Å². The van der Waals surface area contributed by atoms with Crippen LogP contribution in [0.25, 0.3) is 0 Å². The summed E-state index contributed by atoms with van der Waals surface area (Å²) < 4.78 is 68.0. The predicted octanol–water partition coefficient (Wildman–Crippen LogP) is 3.62. The molecule has 0 saturated heterocycles. The quantitative estimate of drug-likeness (QED) is 0.843. The van der Waals surface area contributed by atoms with Crippen LogP contribution in [0.1, 0.15) is 11.4 Å². The van der Waals surface area contributed by atoms with Crippen molar-refractivity contribution in [3.8, 4) is 5.75 Å². The first-order valence-electron chi connectivity index (χ1n) is 6.66. The summed E-state index contributed by atoms with van der Waals surface area (Å²) in [6.45, 7) is -1.97. The number of nitrogens with zero attached hydrogens (tertiary/aromatic N) is 3. The lowest BCUT2D eigenvalue weighted by molar-refractivity contribution is -0.141. The second-order valence-corrected chi connectivity index (χ2v) is 4.71. The van der Waals surface area contributed by atoms with Gasteiger partial charge < -0.3 is 10.5 Å². The molecule has 1 aromatic carbocycles. The van der Waals surface area contributed by atoms with Gasteiger partial charge in [0, 0.05) is 5.69 Å². The molecule has 11 heteroatoms. The number of carbonyl (C=O) groups is 1. The van der Waals surface area contributed by atoms with Crippen LogP contribution in [0.15, 0.2) is 30.3 Å². The van der Waals surface area contributed by atoms with Gasteiger partial charge in [-0.3, -0.25) is 0 Å². The molecule has 6 nitrogen and oxygen atoms in total. The number of urea groups is 1. The number of amides is 2. The van der Waals surface area contributed by atoms with Crippen LogP contribution in [0.5, 0.6) is 5.75 Å². The van der Waals surface area contributed by atoms with Crippen molar-refractivity contribution >= 4 is 17.7 Å². The molecule has 0 unspecified atom stereocenters. The molecule has 0 atom stereocenters. The molecular weight excluding hydrogens is 351 g/mol. The Morgan fingerprint density at radius 3 is 2.44 bits per heavy atom. The highest BCUT2D eigenvalue weighted by molar-refractivity contribution is 5.98. The van der Waals surface area contributed by atoms with Crippen LogP contribution >= 0.6 is 0 Å². The lowest BCUT2D eigenvalue weighted by atomic mass is 10.2. The molecule has 0 fully saturated rings. The highest BCUT2D eigenvalue weighted by Gasteiger charge is 2.35. The summed E-state index contributed by atoms with van der Waals surface area (Å²) >= 11 is 0. The average Bonchev–Trinajstić information content (AvgIpc) is 2.47. The monoisotopic (exact) mass is 362 g/mol. The Morgan fingerprint density at radius 1 is 1.24 bits per heavy atom. The summed E-state index contributed by atoms with van der Waals surface area (Å²) in [6.07, 6.45) is -4.80. The van der Waals surface area contributed by atoms with Crippen LogP contribution in [0.2, 0.25) is 0 Å². The second kappa shape index (κ2) is 6.87. The number of hydrogen-bond donors (Lipinski definition) is 1. The van der Waals surface area contributed by atoms with E-state index < -0.39 is 36.2 Å². The Morgan fingerprint density at radius 2 is 1.88 bits per heavy atom. The number of primary amides is 1. The standard InChI is InChI=1S/C14H11F5N4O2/c1-7-6-10(14(17,18)19)22-13(21-7)23(12(20)24)8-4-2-3-5-9(8)25-11(15)16/h2-6,11H,1H3,(H2,20,24). The minimum atomic E-state index is -4.80. The van der Waals surface area contributed by atoms with Crippen LogP contribution in [-0.4, -0.2) is 22.6 Å². The molecule has 1 heterocycles. The van der Waals surface area contributed by atoms with E-state index in [1.165, 1.54) is 19.1 Å². The summed E-state index contributed by atoms with van der Waals surface area (Å²) in [4.78, 5) is 19.2. The third-order valence-electron chi connectivity index (χ3n) is 2.88. The smallest absolute Gasteiger partial charge is 0.433 e. The zero-order valence-corrected chi connectivity index (χ0v) is 12.6. The van der Waals surface area contributed by atoms with Crippen molar-refractivity contribution in [3.05, 3.63) is 41.7 Å². The van der Waals surface area contributed by atoms with Gasteiger partial charge in [-0.2, -0.15) is 22.0 Å². The van der Waals surface area contributed by atoms with Crippen molar-refractivity contribution in [2.24, 2.45) is 5.73 Å². The van der Waals surface area contributed by atoms with Gasteiger partial charge in [-0.25, -0.2) is 19.7 Å². The van der Waals surface area contributed by atoms with Crippen LogP contribution < -0.4 is 15.4 Å². The number of halogens is 5. The molecule has 25 heavy (non-hydrogen) atoms. The molecule has 2 amide bonds. The zero-order valence-electron chi connectivity index (χ0n) is 12.6. The molecule has 0 aliphatic rings. The second-order valence-electron chi connectivity index (χ2n) is 4.71. The summed E-state index contributed by atoms with van der Waals surface area (Å²) in [5.41, 5.74) is 3.45. The van der Waals surface area contributed by atoms with Crippen LogP contribution in [-0.2, 0) is 6.18 Å². The molecule has 0 aliphatic heterocycles. The number of alkyl halides is 5. The molecular formula is C14H11F5N4O2. The van der Waals surface area contributed by atoms with Gasteiger partial charge in [0.15, 0.2) is 0 Å². The van der Waals surface area contributed by atoms with E-state index in [1.54, 1.807) is 0 Å². The van der Waals surface area contributed by atoms with E-state index in [-0.39, 0.29) is 11.4 Å². The van der Waals surface area contributed by atoms with E-state index in [1.807, 2.05) is 0 Å².